The zero-order chi connectivity index (χ0) is 26.3. The lowest BCUT2D eigenvalue weighted by atomic mass is 9.79. The number of oxime groups is 1. The molecule has 3 atom stereocenters. The molecule has 188 valence electrons. The Hall–Kier alpha value is -1.68. The van der Waals surface area contributed by atoms with Crippen LogP contribution in [0.15, 0.2) is 16.4 Å². The monoisotopic (exact) mass is 632 g/mol. The van der Waals surface area contributed by atoms with E-state index in [2.05, 4.69) is 19.2 Å². The molecule has 1 aromatic heterocycles. The van der Waals surface area contributed by atoms with Gasteiger partial charge in [0.2, 0.25) is 5.91 Å². The molecule has 2 aliphatic heterocycles. The molecule has 1 saturated heterocycles. The van der Waals surface area contributed by atoms with Crippen LogP contribution in [0.25, 0.3) is 0 Å². The fourth-order valence-corrected chi connectivity index (χ4v) is 6.60. The standard InChI is InChI=1S/C21H26BIN4O6S2/c1-10-24-16(26-34-10)14(25-33-21(5,6)20(2,3)4)13(28)7-12-17(29)27-15(19(30)32-22)11(8-23)9-35(31)18(12)27/h12,18H,7-9H2,1-6H3/b25-14-/t12-,18-,35?/m1/s1. The van der Waals surface area contributed by atoms with Crippen LogP contribution < -0.4 is 0 Å². The molecule has 2 aliphatic rings. The van der Waals surface area contributed by atoms with Crippen molar-refractivity contribution < 1.29 is 28.1 Å². The number of hydrogen-bond donors (Lipinski definition) is 0. The molecule has 10 nitrogen and oxygen atoms in total. The zero-order valence-electron chi connectivity index (χ0n) is 20.3. The second-order valence-corrected chi connectivity index (χ2v) is 13.0. The van der Waals surface area contributed by atoms with E-state index in [9.17, 15) is 18.6 Å². The van der Waals surface area contributed by atoms with Gasteiger partial charge in [-0.05, 0) is 37.9 Å². The second-order valence-electron chi connectivity index (χ2n) is 9.78. The maximum atomic E-state index is 13.4. The van der Waals surface area contributed by atoms with Gasteiger partial charge in [-0.25, -0.2) is 9.78 Å². The fourth-order valence-electron chi connectivity index (χ4n) is 3.35. The Kier molecular flexibility index (Phi) is 8.26. The van der Waals surface area contributed by atoms with Gasteiger partial charge in [-0.3, -0.25) is 18.7 Å². The summed E-state index contributed by atoms with van der Waals surface area (Å²) in [4.78, 5) is 49.8. The predicted molar refractivity (Wildman–Crippen MR) is 140 cm³/mol. The smallest absolute Gasteiger partial charge is 0.378 e. The minimum absolute atomic E-state index is 0.00106. The summed E-state index contributed by atoms with van der Waals surface area (Å²) in [7, 11) is 3.55. The third kappa shape index (κ3) is 5.38. The van der Waals surface area contributed by atoms with Gasteiger partial charge in [0.05, 0.1) is 5.92 Å². The normalized spacial score (nSPS) is 23.1. The number of aryl methyl sites for hydroxylation is 1. The van der Waals surface area contributed by atoms with Crippen molar-refractivity contribution in [2.75, 3.05) is 10.2 Å². The Bertz CT molecular complexity index is 1140. The van der Waals surface area contributed by atoms with Gasteiger partial charge in [-0.15, -0.1) is 0 Å². The number of hydrogen-bond acceptors (Lipinski definition) is 10. The van der Waals surface area contributed by atoms with Crippen molar-refractivity contribution in [1.82, 2.24) is 14.3 Å². The topological polar surface area (TPSA) is 128 Å². The third-order valence-electron chi connectivity index (χ3n) is 6.36. The van der Waals surface area contributed by atoms with E-state index in [1.165, 1.54) is 0 Å². The first-order valence-electron chi connectivity index (χ1n) is 10.7. The van der Waals surface area contributed by atoms with E-state index < -0.39 is 45.4 Å². The molecular formula is C21H26BIN4O6S2. The molecule has 3 rings (SSSR count). The molecule has 0 spiro atoms. The number of rotatable bonds is 8. The van der Waals surface area contributed by atoms with E-state index in [1.807, 2.05) is 57.2 Å². The summed E-state index contributed by atoms with van der Waals surface area (Å²) in [6, 6.07) is 0. The summed E-state index contributed by atoms with van der Waals surface area (Å²) in [5.41, 5.74) is -0.618. The van der Waals surface area contributed by atoms with Gasteiger partial charge in [-0.2, -0.15) is 4.37 Å². The van der Waals surface area contributed by atoms with Crippen LogP contribution in [0.5, 0.6) is 0 Å². The van der Waals surface area contributed by atoms with Crippen molar-refractivity contribution >= 4 is 76.3 Å². The van der Waals surface area contributed by atoms with Crippen LogP contribution in [-0.4, -0.2) is 71.0 Å². The molecule has 2 radical (unpaired) electrons. The van der Waals surface area contributed by atoms with Crippen LogP contribution in [0.3, 0.4) is 0 Å². The summed E-state index contributed by atoms with van der Waals surface area (Å²) in [6.07, 6.45) is -0.285. The largest absolute Gasteiger partial charge is 0.539 e. The molecule has 0 saturated carbocycles. The maximum absolute atomic E-state index is 13.4. The SMILES string of the molecule is [B]OC(=O)C1=C(CI)CS(=O)[C@@H]2[C@H](CC(=O)/C(=N/OC(C)(C)C(C)(C)C)c3nsc(C)n3)C(=O)N12. The minimum atomic E-state index is -1.51. The highest BCUT2D eigenvalue weighted by molar-refractivity contribution is 14.1. The number of nitrogens with zero attached hydrogens (tertiary/aromatic N) is 4. The van der Waals surface area contributed by atoms with E-state index in [0.29, 0.717) is 15.0 Å². The Morgan fingerprint density at radius 2 is 1.97 bits per heavy atom. The summed E-state index contributed by atoms with van der Waals surface area (Å²) < 4.78 is 21.9. The van der Waals surface area contributed by atoms with Gasteiger partial charge in [-0.1, -0.05) is 48.5 Å². The Morgan fingerprint density at radius 3 is 2.49 bits per heavy atom. The molecule has 1 fully saturated rings. The first-order chi connectivity index (χ1) is 16.2. The summed E-state index contributed by atoms with van der Waals surface area (Å²) >= 11 is 3.13. The summed E-state index contributed by atoms with van der Waals surface area (Å²) in [5, 5.41) is 3.93. The van der Waals surface area contributed by atoms with Crippen LogP contribution in [0.2, 0.25) is 0 Å². The first-order valence-corrected chi connectivity index (χ1v) is 14.4. The molecule has 0 aromatic carbocycles. The molecule has 35 heavy (non-hydrogen) atoms. The maximum Gasteiger partial charge on any atom is 0.378 e. The van der Waals surface area contributed by atoms with Gasteiger partial charge in [0.1, 0.15) is 21.7 Å². The van der Waals surface area contributed by atoms with Crippen LogP contribution in [-0.2, 0) is 34.7 Å². The number of Topliss-reactive ketones (excluding diaryl/α,β-unsaturated/α-hetero) is 1. The Balaban J connectivity index is 1.89. The highest BCUT2D eigenvalue weighted by atomic mass is 127. The number of β-lactam (4-membered cyclic amide) rings is 1. The van der Waals surface area contributed by atoms with Crippen LogP contribution in [0, 0.1) is 18.3 Å². The summed E-state index contributed by atoms with van der Waals surface area (Å²) in [6.45, 7) is 11.4. The van der Waals surface area contributed by atoms with Gasteiger partial charge in [0, 0.05) is 32.8 Å². The lowest BCUT2D eigenvalue weighted by Crippen LogP contribution is -2.66. The zero-order valence-corrected chi connectivity index (χ0v) is 24.1. The van der Waals surface area contributed by atoms with Crippen LogP contribution >= 0.6 is 34.1 Å². The number of alkyl halides is 1. The number of fused-ring (bicyclic) bond motifs is 1. The number of halogens is 1. The molecule has 0 N–H and O–H groups in total. The highest BCUT2D eigenvalue weighted by Crippen LogP contribution is 2.41. The van der Waals surface area contributed by atoms with Gasteiger partial charge >= 0.3 is 14.0 Å². The predicted octanol–water partition coefficient (Wildman–Crippen LogP) is 2.21. The quantitative estimate of drug-likeness (QED) is 0.107. The van der Waals surface area contributed by atoms with Gasteiger partial charge < -0.3 is 9.49 Å². The van der Waals surface area contributed by atoms with Crippen molar-refractivity contribution in [3.05, 3.63) is 22.1 Å². The van der Waals surface area contributed by atoms with E-state index in [-0.39, 0.29) is 34.8 Å². The second kappa shape index (κ2) is 10.4. The number of amides is 1. The average Bonchev–Trinajstić information content (AvgIpc) is 3.21. The minimum Gasteiger partial charge on any atom is -0.539 e. The number of carbonyl (C=O) groups is 3. The molecule has 1 aromatic rings. The summed E-state index contributed by atoms with van der Waals surface area (Å²) in [5.74, 6) is -2.61. The van der Waals surface area contributed by atoms with Crippen LogP contribution in [0.1, 0.15) is 51.9 Å². The van der Waals surface area contributed by atoms with E-state index in [0.717, 1.165) is 16.4 Å². The lowest BCUT2D eigenvalue weighted by molar-refractivity contribution is -0.153. The van der Waals surface area contributed by atoms with E-state index in [4.69, 9.17) is 12.9 Å². The Labute approximate surface area is 225 Å². The van der Waals surface area contributed by atoms with Crippen LogP contribution in [0.4, 0.5) is 0 Å². The van der Waals surface area contributed by atoms with Crippen molar-refractivity contribution in [1.29, 1.82) is 0 Å². The molecule has 3 heterocycles. The molecule has 0 aliphatic carbocycles. The third-order valence-corrected chi connectivity index (χ3v) is 9.61. The van der Waals surface area contributed by atoms with Gasteiger partial charge in [0.25, 0.3) is 0 Å². The van der Waals surface area contributed by atoms with Crippen molar-refractivity contribution in [3.8, 4) is 0 Å². The fraction of sp³-hybridized carbons (Fsp3) is 0.619. The number of aromatic nitrogens is 2. The molecule has 14 heteroatoms. The molecule has 0 bridgehead atoms. The molecule has 1 amide bonds. The van der Waals surface area contributed by atoms with E-state index >= 15 is 0 Å². The first kappa shape index (κ1) is 27.9. The molecular weight excluding hydrogens is 606 g/mol. The van der Waals surface area contributed by atoms with Crippen molar-refractivity contribution in [2.24, 2.45) is 16.5 Å². The van der Waals surface area contributed by atoms with Crippen molar-refractivity contribution in [3.63, 3.8) is 0 Å². The Morgan fingerprint density at radius 1 is 1.31 bits per heavy atom. The highest BCUT2D eigenvalue weighted by Gasteiger charge is 2.57. The average molecular weight is 632 g/mol. The lowest BCUT2D eigenvalue weighted by Gasteiger charge is -2.49. The van der Waals surface area contributed by atoms with Crippen molar-refractivity contribution in [2.45, 2.75) is 58.9 Å². The van der Waals surface area contributed by atoms with Gasteiger partial charge in [0.15, 0.2) is 17.3 Å². The van der Waals surface area contributed by atoms with E-state index in [1.54, 1.807) is 6.92 Å². The number of ketones is 1. The number of carbonyl (C=O) groups excluding carboxylic acids is 3. The molecule has 1 unspecified atom stereocenters.